The van der Waals surface area contributed by atoms with Gasteiger partial charge in [-0.1, -0.05) is 6.92 Å². The molecule has 0 amide bonds. The highest BCUT2D eigenvalue weighted by molar-refractivity contribution is 7.09. The van der Waals surface area contributed by atoms with E-state index >= 15 is 0 Å². The summed E-state index contributed by atoms with van der Waals surface area (Å²) >= 11 is 7.52. The number of nitrogens with one attached hydrogen (secondary N) is 1. The predicted octanol–water partition coefficient (Wildman–Crippen LogP) is 2.13. The van der Waals surface area contributed by atoms with Crippen molar-refractivity contribution in [2.75, 3.05) is 5.32 Å². The van der Waals surface area contributed by atoms with E-state index in [0.717, 1.165) is 11.4 Å². The summed E-state index contributed by atoms with van der Waals surface area (Å²) in [5.74, 6) is 0.687. The Hall–Kier alpha value is -2.13. The molecular weight excluding hydrogens is 312 g/mol. The molecule has 8 nitrogen and oxygen atoms in total. The minimum absolute atomic E-state index is 0.0204. The highest BCUT2D eigenvalue weighted by Crippen LogP contribution is 2.23. The zero-order chi connectivity index (χ0) is 14.7. The molecule has 1 atom stereocenters. The average molecular weight is 323 g/mol. The summed E-state index contributed by atoms with van der Waals surface area (Å²) in [6.07, 6.45) is 5.50. The summed E-state index contributed by atoms with van der Waals surface area (Å²) in [6.45, 7) is 2.06. The summed E-state index contributed by atoms with van der Waals surface area (Å²) in [4.78, 5) is 20.6. The van der Waals surface area contributed by atoms with Crippen LogP contribution in [0.4, 0.5) is 5.95 Å². The quantitative estimate of drug-likeness (QED) is 0.768. The third kappa shape index (κ3) is 3.14. The van der Waals surface area contributed by atoms with Crippen LogP contribution in [0.3, 0.4) is 0 Å². The molecule has 3 aromatic rings. The third-order valence-corrected chi connectivity index (χ3v) is 3.74. The lowest BCUT2D eigenvalue weighted by Gasteiger charge is -2.14. The smallest absolute Gasteiger partial charge is 0.258 e. The van der Waals surface area contributed by atoms with E-state index in [4.69, 9.17) is 11.6 Å². The zero-order valence-corrected chi connectivity index (χ0v) is 12.6. The first-order chi connectivity index (χ1) is 10.3. The van der Waals surface area contributed by atoms with Crippen molar-refractivity contribution in [3.8, 4) is 5.95 Å². The summed E-state index contributed by atoms with van der Waals surface area (Å²) in [6, 6.07) is 0.0204. The van der Waals surface area contributed by atoms with Crippen LogP contribution in [0.2, 0.25) is 5.28 Å². The fourth-order valence-electron chi connectivity index (χ4n) is 1.72. The van der Waals surface area contributed by atoms with Gasteiger partial charge in [-0.15, -0.1) is 11.3 Å². The number of rotatable bonds is 5. The molecule has 21 heavy (non-hydrogen) atoms. The number of aromatic nitrogens is 7. The van der Waals surface area contributed by atoms with Crippen LogP contribution >= 0.6 is 22.9 Å². The Kier molecular flexibility index (Phi) is 4.02. The first-order valence-corrected chi connectivity index (χ1v) is 7.44. The van der Waals surface area contributed by atoms with Crippen molar-refractivity contribution in [3.63, 3.8) is 0 Å². The van der Waals surface area contributed by atoms with Crippen molar-refractivity contribution in [2.24, 2.45) is 0 Å². The Labute approximate surface area is 129 Å². The molecule has 0 saturated heterocycles. The van der Waals surface area contributed by atoms with Gasteiger partial charge in [-0.05, 0) is 18.0 Å². The van der Waals surface area contributed by atoms with Crippen LogP contribution in [0.15, 0.2) is 24.2 Å². The molecule has 1 unspecified atom stereocenters. The summed E-state index contributed by atoms with van der Waals surface area (Å²) in [5.41, 5.74) is 0. The Morgan fingerprint density at radius 3 is 2.95 bits per heavy atom. The largest absolute Gasteiger partial charge is 0.345 e. The van der Waals surface area contributed by atoms with E-state index in [1.54, 1.807) is 17.5 Å². The first kappa shape index (κ1) is 13.8. The topological polar surface area (TPSA) is 94.3 Å². The summed E-state index contributed by atoms with van der Waals surface area (Å²) in [7, 11) is 0. The molecule has 0 aliphatic rings. The van der Waals surface area contributed by atoms with Crippen LogP contribution in [0.25, 0.3) is 5.95 Å². The normalized spacial score (nSPS) is 12.3. The van der Waals surface area contributed by atoms with Gasteiger partial charge in [-0.2, -0.15) is 24.7 Å². The zero-order valence-electron chi connectivity index (χ0n) is 11.0. The van der Waals surface area contributed by atoms with Gasteiger partial charge >= 0.3 is 0 Å². The van der Waals surface area contributed by atoms with Gasteiger partial charge in [0, 0.05) is 11.6 Å². The lowest BCUT2D eigenvalue weighted by molar-refractivity contribution is 0.722. The minimum atomic E-state index is 0.0204. The highest BCUT2D eigenvalue weighted by Gasteiger charge is 2.15. The number of halogens is 1. The van der Waals surface area contributed by atoms with E-state index in [-0.39, 0.29) is 11.3 Å². The van der Waals surface area contributed by atoms with E-state index in [2.05, 4.69) is 42.3 Å². The van der Waals surface area contributed by atoms with Crippen molar-refractivity contribution in [3.05, 3.63) is 34.5 Å². The molecule has 3 rings (SSSR count). The second-order valence-electron chi connectivity index (χ2n) is 4.04. The van der Waals surface area contributed by atoms with E-state index < -0.39 is 0 Å². The third-order valence-electron chi connectivity index (χ3n) is 2.68. The molecule has 108 valence electrons. The maximum Gasteiger partial charge on any atom is 0.258 e. The van der Waals surface area contributed by atoms with Gasteiger partial charge < -0.3 is 5.32 Å². The second kappa shape index (κ2) is 6.10. The molecule has 0 fully saturated rings. The van der Waals surface area contributed by atoms with Crippen LogP contribution in [0.1, 0.15) is 24.4 Å². The molecule has 3 aromatic heterocycles. The van der Waals surface area contributed by atoms with Gasteiger partial charge in [0.05, 0.1) is 6.04 Å². The van der Waals surface area contributed by atoms with E-state index in [9.17, 15) is 0 Å². The number of hydrogen-bond acceptors (Lipinski definition) is 8. The van der Waals surface area contributed by atoms with Crippen LogP contribution in [-0.2, 0) is 0 Å². The van der Waals surface area contributed by atoms with Crippen molar-refractivity contribution in [1.29, 1.82) is 0 Å². The minimum Gasteiger partial charge on any atom is -0.345 e. The number of hydrogen-bond donors (Lipinski definition) is 1. The van der Waals surface area contributed by atoms with Gasteiger partial charge in [-0.25, -0.2) is 9.97 Å². The SMILES string of the molecule is CCC(Nc1nc(Cl)nc(-n2cncn2)n1)c1nccs1. The lowest BCUT2D eigenvalue weighted by Crippen LogP contribution is -2.14. The van der Waals surface area contributed by atoms with Crippen molar-refractivity contribution in [2.45, 2.75) is 19.4 Å². The van der Waals surface area contributed by atoms with Gasteiger partial charge in [0.1, 0.15) is 17.7 Å². The fraction of sp³-hybridized carbons (Fsp3) is 0.273. The van der Waals surface area contributed by atoms with Gasteiger partial charge in [0.25, 0.3) is 5.95 Å². The molecule has 0 aromatic carbocycles. The van der Waals surface area contributed by atoms with Crippen LogP contribution in [0.5, 0.6) is 0 Å². The molecular formula is C11H11ClN8S. The predicted molar refractivity (Wildman–Crippen MR) is 78.5 cm³/mol. The molecule has 0 spiro atoms. The van der Waals surface area contributed by atoms with E-state index in [1.165, 1.54) is 17.3 Å². The molecule has 0 aliphatic heterocycles. The first-order valence-electron chi connectivity index (χ1n) is 6.18. The second-order valence-corrected chi connectivity index (χ2v) is 5.31. The Morgan fingerprint density at radius 2 is 2.29 bits per heavy atom. The van der Waals surface area contributed by atoms with Crippen LogP contribution in [0, 0.1) is 0 Å². The van der Waals surface area contributed by atoms with Crippen molar-refractivity contribution in [1.82, 2.24) is 34.7 Å². The Morgan fingerprint density at radius 1 is 1.38 bits per heavy atom. The van der Waals surface area contributed by atoms with Crippen LogP contribution in [-0.4, -0.2) is 34.7 Å². The Bertz CT molecular complexity index is 699. The molecule has 0 aliphatic carbocycles. The van der Waals surface area contributed by atoms with E-state index in [0.29, 0.717) is 11.9 Å². The maximum atomic E-state index is 5.94. The lowest BCUT2D eigenvalue weighted by atomic mass is 10.2. The summed E-state index contributed by atoms with van der Waals surface area (Å²) in [5, 5.41) is 10.2. The van der Waals surface area contributed by atoms with E-state index in [1.807, 2.05) is 5.38 Å². The Balaban J connectivity index is 1.88. The summed E-state index contributed by atoms with van der Waals surface area (Å²) < 4.78 is 1.42. The van der Waals surface area contributed by atoms with Crippen molar-refractivity contribution >= 4 is 28.9 Å². The fourth-order valence-corrected chi connectivity index (χ4v) is 2.65. The van der Waals surface area contributed by atoms with Gasteiger partial charge in [0.15, 0.2) is 0 Å². The maximum absolute atomic E-state index is 5.94. The van der Waals surface area contributed by atoms with Crippen molar-refractivity contribution < 1.29 is 0 Å². The number of nitrogens with zero attached hydrogens (tertiary/aromatic N) is 7. The molecule has 0 saturated carbocycles. The number of thiazole rings is 1. The van der Waals surface area contributed by atoms with Gasteiger partial charge in [0.2, 0.25) is 11.2 Å². The average Bonchev–Trinajstić information content (AvgIpc) is 3.16. The molecule has 1 N–H and O–H groups in total. The molecule has 3 heterocycles. The molecule has 0 radical (unpaired) electrons. The molecule has 0 bridgehead atoms. The highest BCUT2D eigenvalue weighted by atomic mass is 35.5. The van der Waals surface area contributed by atoms with Crippen LogP contribution < -0.4 is 5.32 Å². The number of anilines is 1. The standard InChI is InChI=1S/C11H11ClN8S/c1-2-7(8-14-3-4-21-8)16-10-17-9(12)18-11(19-10)20-6-13-5-15-20/h3-7H,2H2,1H3,(H,16,17,18,19). The molecule has 10 heteroatoms. The van der Waals surface area contributed by atoms with Gasteiger partial charge in [-0.3, -0.25) is 0 Å². The monoisotopic (exact) mass is 322 g/mol.